The van der Waals surface area contributed by atoms with Crippen LogP contribution >= 0.6 is 0 Å². The molecule has 4 heteroatoms. The van der Waals surface area contributed by atoms with E-state index in [9.17, 15) is 5.11 Å². The quantitative estimate of drug-likeness (QED) is 0.651. The summed E-state index contributed by atoms with van der Waals surface area (Å²) in [5.74, 6) is 0. The Labute approximate surface area is 78.5 Å². The Kier molecular flexibility index (Phi) is 4.12. The first-order valence-electron chi connectivity index (χ1n) is 4.74. The average molecular weight is 190 g/mol. The minimum atomic E-state index is -0.802. The molecule has 2 N–H and O–H groups in total. The molecule has 0 aromatic carbocycles. The lowest BCUT2D eigenvalue weighted by molar-refractivity contribution is -0.0503. The van der Waals surface area contributed by atoms with Crippen LogP contribution in [0.25, 0.3) is 0 Å². The lowest BCUT2D eigenvalue weighted by Crippen LogP contribution is -2.33. The van der Waals surface area contributed by atoms with Gasteiger partial charge in [-0.2, -0.15) is 0 Å². The molecular weight excluding hydrogens is 172 g/mol. The lowest BCUT2D eigenvalue weighted by atomic mass is 10.1. The van der Waals surface area contributed by atoms with Gasteiger partial charge in [0.25, 0.3) is 0 Å². The SMILES string of the molecule is CCC(C)OCC1OCC(O)C1O. The molecule has 1 heterocycles. The molecule has 13 heavy (non-hydrogen) atoms. The van der Waals surface area contributed by atoms with Crippen LogP contribution in [0.4, 0.5) is 0 Å². The van der Waals surface area contributed by atoms with Crippen molar-refractivity contribution in [1.82, 2.24) is 0 Å². The zero-order valence-corrected chi connectivity index (χ0v) is 8.14. The van der Waals surface area contributed by atoms with Crippen LogP contribution < -0.4 is 0 Å². The predicted molar refractivity (Wildman–Crippen MR) is 47.5 cm³/mol. The van der Waals surface area contributed by atoms with Crippen molar-refractivity contribution >= 4 is 0 Å². The van der Waals surface area contributed by atoms with Crippen LogP contribution in [-0.4, -0.2) is 47.8 Å². The highest BCUT2D eigenvalue weighted by molar-refractivity contribution is 4.82. The van der Waals surface area contributed by atoms with Gasteiger partial charge < -0.3 is 19.7 Å². The molecule has 4 unspecified atom stereocenters. The molecule has 0 bridgehead atoms. The molecule has 4 atom stereocenters. The molecule has 0 aromatic heterocycles. The van der Waals surface area contributed by atoms with Crippen LogP contribution in [0.1, 0.15) is 20.3 Å². The Bertz CT molecular complexity index is 151. The molecule has 0 radical (unpaired) electrons. The van der Waals surface area contributed by atoms with Gasteiger partial charge in [0.15, 0.2) is 0 Å². The van der Waals surface area contributed by atoms with Crippen molar-refractivity contribution in [2.45, 2.75) is 44.7 Å². The molecule has 1 saturated heterocycles. The Hall–Kier alpha value is -0.160. The number of aliphatic hydroxyl groups is 2. The summed E-state index contributed by atoms with van der Waals surface area (Å²) in [5, 5.41) is 18.5. The minimum Gasteiger partial charge on any atom is -0.388 e. The van der Waals surface area contributed by atoms with Gasteiger partial charge in [-0.1, -0.05) is 6.92 Å². The number of aliphatic hydroxyl groups excluding tert-OH is 2. The molecule has 78 valence electrons. The van der Waals surface area contributed by atoms with Crippen LogP contribution in [0.5, 0.6) is 0 Å². The number of hydrogen-bond donors (Lipinski definition) is 2. The van der Waals surface area contributed by atoms with Crippen molar-refractivity contribution in [2.75, 3.05) is 13.2 Å². The second-order valence-corrected chi connectivity index (χ2v) is 3.48. The fourth-order valence-corrected chi connectivity index (χ4v) is 1.19. The predicted octanol–water partition coefficient (Wildman–Crippen LogP) is -0.0779. The van der Waals surface area contributed by atoms with Gasteiger partial charge in [-0.3, -0.25) is 0 Å². The molecule has 0 aromatic rings. The molecule has 1 aliphatic heterocycles. The van der Waals surface area contributed by atoms with Gasteiger partial charge in [0, 0.05) is 0 Å². The molecule has 0 aliphatic carbocycles. The fraction of sp³-hybridized carbons (Fsp3) is 1.00. The first-order chi connectivity index (χ1) is 6.15. The monoisotopic (exact) mass is 190 g/mol. The van der Waals surface area contributed by atoms with E-state index in [0.29, 0.717) is 6.61 Å². The van der Waals surface area contributed by atoms with Crippen molar-refractivity contribution in [3.05, 3.63) is 0 Å². The summed E-state index contributed by atoms with van der Waals surface area (Å²) in [4.78, 5) is 0. The van der Waals surface area contributed by atoms with Crippen molar-refractivity contribution in [3.8, 4) is 0 Å². The van der Waals surface area contributed by atoms with Gasteiger partial charge in [0.1, 0.15) is 18.3 Å². The van der Waals surface area contributed by atoms with E-state index in [1.54, 1.807) is 0 Å². The van der Waals surface area contributed by atoms with Crippen molar-refractivity contribution in [2.24, 2.45) is 0 Å². The lowest BCUT2D eigenvalue weighted by Gasteiger charge is -2.17. The fourth-order valence-electron chi connectivity index (χ4n) is 1.19. The maximum absolute atomic E-state index is 9.39. The Balaban J connectivity index is 2.22. The summed E-state index contributed by atoms with van der Waals surface area (Å²) in [6, 6.07) is 0. The van der Waals surface area contributed by atoms with Gasteiger partial charge in [0.05, 0.1) is 19.3 Å². The summed E-state index contributed by atoms with van der Waals surface area (Å²) in [6.07, 6.45) is -0.821. The van der Waals surface area contributed by atoms with E-state index < -0.39 is 12.2 Å². The van der Waals surface area contributed by atoms with Gasteiger partial charge in [0.2, 0.25) is 0 Å². The Morgan fingerprint density at radius 1 is 1.54 bits per heavy atom. The van der Waals surface area contributed by atoms with E-state index >= 15 is 0 Å². The second-order valence-electron chi connectivity index (χ2n) is 3.48. The molecule has 1 aliphatic rings. The first-order valence-corrected chi connectivity index (χ1v) is 4.74. The van der Waals surface area contributed by atoms with E-state index in [1.807, 2.05) is 13.8 Å². The number of hydrogen-bond acceptors (Lipinski definition) is 4. The van der Waals surface area contributed by atoms with Crippen LogP contribution in [0.3, 0.4) is 0 Å². The summed E-state index contributed by atoms with van der Waals surface area (Å²) >= 11 is 0. The smallest absolute Gasteiger partial charge is 0.110 e. The molecule has 0 spiro atoms. The molecule has 1 fully saturated rings. The highest BCUT2D eigenvalue weighted by Crippen LogP contribution is 2.15. The standard InChI is InChI=1S/C9H18O4/c1-3-6(2)12-5-8-9(11)7(10)4-13-8/h6-11H,3-5H2,1-2H3. The van der Waals surface area contributed by atoms with Crippen molar-refractivity contribution in [3.63, 3.8) is 0 Å². The van der Waals surface area contributed by atoms with Gasteiger partial charge in [-0.05, 0) is 13.3 Å². The molecule has 0 saturated carbocycles. The highest BCUT2D eigenvalue weighted by Gasteiger charge is 2.34. The molecule has 0 amide bonds. The maximum Gasteiger partial charge on any atom is 0.110 e. The van der Waals surface area contributed by atoms with Gasteiger partial charge in [-0.25, -0.2) is 0 Å². The van der Waals surface area contributed by atoms with Gasteiger partial charge >= 0.3 is 0 Å². The van der Waals surface area contributed by atoms with Crippen LogP contribution in [0.2, 0.25) is 0 Å². The topological polar surface area (TPSA) is 58.9 Å². The Morgan fingerprint density at radius 3 is 2.69 bits per heavy atom. The van der Waals surface area contributed by atoms with Crippen LogP contribution in [0, 0.1) is 0 Å². The zero-order valence-electron chi connectivity index (χ0n) is 8.14. The summed E-state index contributed by atoms with van der Waals surface area (Å²) < 4.78 is 10.5. The largest absolute Gasteiger partial charge is 0.388 e. The van der Waals surface area contributed by atoms with E-state index in [2.05, 4.69) is 0 Å². The number of ether oxygens (including phenoxy) is 2. The van der Waals surface area contributed by atoms with Crippen molar-refractivity contribution < 1.29 is 19.7 Å². The summed E-state index contributed by atoms with van der Waals surface area (Å²) in [6.45, 7) is 4.56. The molecule has 4 nitrogen and oxygen atoms in total. The maximum atomic E-state index is 9.39. The van der Waals surface area contributed by atoms with E-state index in [-0.39, 0.29) is 18.8 Å². The Morgan fingerprint density at radius 2 is 2.23 bits per heavy atom. The van der Waals surface area contributed by atoms with Gasteiger partial charge in [-0.15, -0.1) is 0 Å². The van der Waals surface area contributed by atoms with E-state index in [4.69, 9.17) is 14.6 Å². The van der Waals surface area contributed by atoms with E-state index in [0.717, 1.165) is 6.42 Å². The third-order valence-corrected chi connectivity index (χ3v) is 2.38. The van der Waals surface area contributed by atoms with Crippen molar-refractivity contribution in [1.29, 1.82) is 0 Å². The summed E-state index contributed by atoms with van der Waals surface area (Å²) in [7, 11) is 0. The molecule has 1 rings (SSSR count). The van der Waals surface area contributed by atoms with E-state index in [1.165, 1.54) is 0 Å². The van der Waals surface area contributed by atoms with Crippen LogP contribution in [-0.2, 0) is 9.47 Å². The normalized spacial score (nSPS) is 36.5. The highest BCUT2D eigenvalue weighted by atomic mass is 16.6. The van der Waals surface area contributed by atoms with Crippen LogP contribution in [0.15, 0.2) is 0 Å². The number of rotatable bonds is 4. The third kappa shape index (κ3) is 2.91. The zero-order chi connectivity index (χ0) is 9.84. The summed E-state index contributed by atoms with van der Waals surface area (Å²) in [5.41, 5.74) is 0. The minimum absolute atomic E-state index is 0.175. The molecular formula is C9H18O4. The first kappa shape index (κ1) is 10.9. The average Bonchev–Trinajstić information content (AvgIpc) is 2.44. The third-order valence-electron chi connectivity index (χ3n) is 2.38. The second kappa shape index (κ2) is 4.91.